The largest absolute Gasteiger partial charge is 0.324 e. The van der Waals surface area contributed by atoms with Gasteiger partial charge in [-0.2, -0.15) is 5.26 Å². The molecule has 160 valence electrons. The van der Waals surface area contributed by atoms with E-state index in [0.29, 0.717) is 16.5 Å². The summed E-state index contributed by atoms with van der Waals surface area (Å²) in [7, 11) is 0. The number of amides is 2. The zero-order valence-corrected chi connectivity index (χ0v) is 18.9. The van der Waals surface area contributed by atoms with Crippen molar-refractivity contribution in [3.63, 3.8) is 0 Å². The average Bonchev–Trinajstić information content (AvgIpc) is 3.16. The van der Waals surface area contributed by atoms with Crippen LogP contribution in [0.1, 0.15) is 40.3 Å². The highest BCUT2D eigenvalue weighted by atomic mass is 32.2. The van der Waals surface area contributed by atoms with Crippen molar-refractivity contribution in [2.24, 2.45) is 0 Å². The second kappa shape index (κ2) is 8.81. The standard InChI is InChI=1S/C25H21N3O2S2/c26-14-18-17-11-10-16(15-6-2-1-3-7-15)12-21(17)32-25(18)28-23(29)13-22-24(30)27-19-8-4-5-9-20(19)31-22/h1-9,16,22H,10-13H2,(H,27,30)(H,28,29). The Labute approximate surface area is 194 Å². The Kier molecular flexibility index (Phi) is 5.73. The molecule has 2 N–H and O–H groups in total. The number of nitriles is 1. The Balaban J connectivity index is 1.30. The molecule has 0 saturated carbocycles. The topological polar surface area (TPSA) is 82.0 Å². The number of carbonyl (C=O) groups excluding carboxylic acids is 2. The summed E-state index contributed by atoms with van der Waals surface area (Å²) < 4.78 is 0. The van der Waals surface area contributed by atoms with Gasteiger partial charge in [0.25, 0.3) is 0 Å². The second-order valence-electron chi connectivity index (χ2n) is 8.01. The first-order valence-electron chi connectivity index (χ1n) is 10.6. The number of nitrogens with zero attached hydrogens (tertiary/aromatic N) is 1. The quantitative estimate of drug-likeness (QED) is 0.552. The molecule has 2 atom stereocenters. The van der Waals surface area contributed by atoms with Crippen molar-refractivity contribution in [1.29, 1.82) is 5.26 Å². The number of hydrogen-bond donors (Lipinski definition) is 2. The summed E-state index contributed by atoms with van der Waals surface area (Å²) in [6, 6.07) is 20.3. The fourth-order valence-electron chi connectivity index (χ4n) is 4.38. The number of carbonyl (C=O) groups is 2. The number of para-hydroxylation sites is 1. The maximum Gasteiger partial charge on any atom is 0.238 e. The molecule has 5 rings (SSSR count). The highest BCUT2D eigenvalue weighted by Crippen LogP contribution is 2.42. The molecule has 5 nitrogen and oxygen atoms in total. The van der Waals surface area contributed by atoms with Crippen LogP contribution in [0.5, 0.6) is 0 Å². The number of benzene rings is 2. The van der Waals surface area contributed by atoms with Crippen LogP contribution >= 0.6 is 23.1 Å². The van der Waals surface area contributed by atoms with E-state index in [2.05, 4.69) is 41.0 Å². The van der Waals surface area contributed by atoms with Crippen LogP contribution in [-0.4, -0.2) is 17.1 Å². The number of fused-ring (bicyclic) bond motifs is 2. The first-order chi connectivity index (χ1) is 15.6. The lowest BCUT2D eigenvalue weighted by atomic mass is 9.83. The molecule has 1 aliphatic carbocycles. The molecule has 2 aromatic carbocycles. The van der Waals surface area contributed by atoms with Crippen molar-refractivity contribution in [3.8, 4) is 6.07 Å². The summed E-state index contributed by atoms with van der Waals surface area (Å²) in [6.07, 6.45) is 2.77. The molecule has 0 fully saturated rings. The van der Waals surface area contributed by atoms with E-state index in [1.54, 1.807) is 0 Å². The summed E-state index contributed by atoms with van der Waals surface area (Å²) in [5.74, 6) is 0.0205. The molecule has 0 spiro atoms. The monoisotopic (exact) mass is 459 g/mol. The molecule has 2 amide bonds. The molecule has 7 heteroatoms. The van der Waals surface area contributed by atoms with E-state index in [0.717, 1.165) is 35.4 Å². The van der Waals surface area contributed by atoms with E-state index < -0.39 is 5.25 Å². The molecule has 0 bridgehead atoms. The zero-order chi connectivity index (χ0) is 22.1. The summed E-state index contributed by atoms with van der Waals surface area (Å²) in [5.41, 5.74) is 3.75. The molecular weight excluding hydrogens is 438 g/mol. The van der Waals surface area contributed by atoms with Gasteiger partial charge in [-0.25, -0.2) is 0 Å². The van der Waals surface area contributed by atoms with Gasteiger partial charge in [0, 0.05) is 16.2 Å². The molecule has 2 aliphatic rings. The number of nitrogens with one attached hydrogen (secondary N) is 2. The van der Waals surface area contributed by atoms with Crippen LogP contribution in [-0.2, 0) is 22.4 Å². The number of rotatable bonds is 4. The Hall–Kier alpha value is -3.08. The first-order valence-corrected chi connectivity index (χ1v) is 12.3. The van der Waals surface area contributed by atoms with E-state index in [1.165, 1.54) is 33.5 Å². The Morgan fingerprint density at radius 2 is 1.94 bits per heavy atom. The van der Waals surface area contributed by atoms with Crippen molar-refractivity contribution in [2.45, 2.75) is 41.7 Å². The summed E-state index contributed by atoms with van der Waals surface area (Å²) >= 11 is 2.91. The lowest BCUT2D eigenvalue weighted by Gasteiger charge is -2.23. The predicted molar refractivity (Wildman–Crippen MR) is 128 cm³/mol. The van der Waals surface area contributed by atoms with Crippen molar-refractivity contribution < 1.29 is 9.59 Å². The number of hydrogen-bond acceptors (Lipinski definition) is 5. The van der Waals surface area contributed by atoms with E-state index in [-0.39, 0.29) is 18.2 Å². The third-order valence-corrected chi connectivity index (χ3v) is 8.42. The lowest BCUT2D eigenvalue weighted by Crippen LogP contribution is -2.32. The van der Waals surface area contributed by atoms with Gasteiger partial charge in [-0.3, -0.25) is 9.59 Å². The third-order valence-electron chi connectivity index (χ3n) is 5.98. The summed E-state index contributed by atoms with van der Waals surface area (Å²) in [4.78, 5) is 27.4. The van der Waals surface area contributed by atoms with Crippen LogP contribution in [0, 0.1) is 11.3 Å². The van der Waals surface area contributed by atoms with Crippen LogP contribution in [0.25, 0.3) is 0 Å². The molecule has 1 aliphatic heterocycles. The Bertz CT molecular complexity index is 1230. The Morgan fingerprint density at radius 1 is 1.16 bits per heavy atom. The fraction of sp³-hybridized carbons (Fsp3) is 0.240. The second-order valence-corrected chi connectivity index (χ2v) is 10.4. The maximum absolute atomic E-state index is 12.8. The average molecular weight is 460 g/mol. The molecule has 0 saturated heterocycles. The van der Waals surface area contributed by atoms with Crippen LogP contribution in [0.4, 0.5) is 10.7 Å². The van der Waals surface area contributed by atoms with Gasteiger partial charge < -0.3 is 10.6 Å². The molecule has 3 aromatic rings. The minimum atomic E-state index is -0.493. The number of thioether (sulfide) groups is 1. The van der Waals surface area contributed by atoms with Gasteiger partial charge in [0.15, 0.2) is 0 Å². The van der Waals surface area contributed by atoms with Crippen molar-refractivity contribution in [3.05, 3.63) is 76.2 Å². The van der Waals surface area contributed by atoms with Gasteiger partial charge in [0.05, 0.1) is 16.5 Å². The van der Waals surface area contributed by atoms with Crippen LogP contribution in [0.15, 0.2) is 59.5 Å². The zero-order valence-electron chi connectivity index (χ0n) is 17.3. The SMILES string of the molecule is N#Cc1c(NC(=O)CC2Sc3ccccc3NC2=O)sc2c1CCC(c1ccccc1)C2. The van der Waals surface area contributed by atoms with Gasteiger partial charge in [-0.1, -0.05) is 42.5 Å². The number of thiophene rings is 1. The molecule has 2 heterocycles. The van der Waals surface area contributed by atoms with E-state index >= 15 is 0 Å². The first kappa shape index (κ1) is 20.8. The maximum atomic E-state index is 12.8. The minimum absolute atomic E-state index is 0.0604. The van der Waals surface area contributed by atoms with Crippen molar-refractivity contribution >= 4 is 45.6 Å². The fourth-order valence-corrected chi connectivity index (χ4v) is 6.78. The van der Waals surface area contributed by atoms with E-state index in [9.17, 15) is 14.9 Å². The molecule has 2 unspecified atom stereocenters. The van der Waals surface area contributed by atoms with Crippen LogP contribution in [0.2, 0.25) is 0 Å². The lowest BCUT2D eigenvalue weighted by molar-refractivity contribution is -0.120. The van der Waals surface area contributed by atoms with Gasteiger partial charge in [0.2, 0.25) is 11.8 Å². The van der Waals surface area contributed by atoms with Gasteiger partial charge >= 0.3 is 0 Å². The van der Waals surface area contributed by atoms with Crippen LogP contribution < -0.4 is 10.6 Å². The summed E-state index contributed by atoms with van der Waals surface area (Å²) in [6.45, 7) is 0. The van der Waals surface area contributed by atoms with E-state index in [1.807, 2.05) is 30.3 Å². The van der Waals surface area contributed by atoms with Crippen LogP contribution in [0.3, 0.4) is 0 Å². The van der Waals surface area contributed by atoms with Gasteiger partial charge in [-0.15, -0.1) is 23.1 Å². The van der Waals surface area contributed by atoms with Crippen molar-refractivity contribution in [2.75, 3.05) is 10.6 Å². The third kappa shape index (κ3) is 4.04. The normalized spacial score (nSPS) is 19.3. The van der Waals surface area contributed by atoms with Crippen molar-refractivity contribution in [1.82, 2.24) is 0 Å². The van der Waals surface area contributed by atoms with Gasteiger partial charge in [0.1, 0.15) is 11.1 Å². The van der Waals surface area contributed by atoms with Gasteiger partial charge in [-0.05, 0) is 48.4 Å². The molecule has 32 heavy (non-hydrogen) atoms. The highest BCUT2D eigenvalue weighted by molar-refractivity contribution is 8.01. The minimum Gasteiger partial charge on any atom is -0.324 e. The highest BCUT2D eigenvalue weighted by Gasteiger charge is 2.31. The molecule has 1 aromatic heterocycles. The molecule has 0 radical (unpaired) electrons. The number of anilines is 2. The summed E-state index contributed by atoms with van der Waals surface area (Å²) in [5, 5.41) is 15.7. The Morgan fingerprint density at radius 3 is 2.75 bits per heavy atom. The molecular formula is C25H21N3O2S2. The van der Waals surface area contributed by atoms with E-state index in [4.69, 9.17) is 0 Å². The predicted octanol–water partition coefficient (Wildman–Crippen LogP) is 5.33. The smallest absolute Gasteiger partial charge is 0.238 e.